The van der Waals surface area contributed by atoms with E-state index < -0.39 is 0 Å². The van der Waals surface area contributed by atoms with Crippen LogP contribution >= 0.6 is 0 Å². The summed E-state index contributed by atoms with van der Waals surface area (Å²) in [6.45, 7) is 10.00. The van der Waals surface area contributed by atoms with Gasteiger partial charge in [-0.1, -0.05) is 6.92 Å². The highest BCUT2D eigenvalue weighted by Crippen LogP contribution is 2.33. The molecule has 0 bridgehead atoms. The molecule has 1 rings (SSSR count). The van der Waals surface area contributed by atoms with Crippen LogP contribution in [0.1, 0.15) is 45.7 Å². The van der Waals surface area contributed by atoms with E-state index in [4.69, 9.17) is 14.2 Å². The molecule has 21 heavy (non-hydrogen) atoms. The molecule has 0 aliphatic carbocycles. The van der Waals surface area contributed by atoms with Crippen molar-refractivity contribution in [3.8, 4) is 11.5 Å². The van der Waals surface area contributed by atoms with E-state index in [0.717, 1.165) is 30.0 Å². The molecule has 0 aliphatic rings. The van der Waals surface area contributed by atoms with Crippen molar-refractivity contribution in [1.29, 1.82) is 0 Å². The summed E-state index contributed by atoms with van der Waals surface area (Å²) in [5.41, 5.74) is 0.791. The molecule has 1 aromatic rings. The normalized spacial score (nSPS) is 13.0. The lowest BCUT2D eigenvalue weighted by Crippen LogP contribution is -2.42. The van der Waals surface area contributed by atoms with Crippen molar-refractivity contribution >= 4 is 0 Å². The average Bonchev–Trinajstić information content (AvgIpc) is 2.46. The predicted molar refractivity (Wildman–Crippen MR) is 86.3 cm³/mol. The van der Waals surface area contributed by atoms with Crippen LogP contribution in [-0.4, -0.2) is 33.0 Å². The summed E-state index contributed by atoms with van der Waals surface area (Å²) in [4.78, 5) is 0. The molecule has 0 saturated carbocycles. The van der Waals surface area contributed by atoms with Crippen molar-refractivity contribution in [2.24, 2.45) is 0 Å². The average molecular weight is 295 g/mol. The number of methoxy groups -OCH3 is 2. The molecule has 120 valence electrons. The van der Waals surface area contributed by atoms with Crippen molar-refractivity contribution in [3.05, 3.63) is 23.8 Å². The maximum Gasteiger partial charge on any atom is 0.122 e. The summed E-state index contributed by atoms with van der Waals surface area (Å²) in [7, 11) is 3.33. The van der Waals surface area contributed by atoms with Gasteiger partial charge in [-0.15, -0.1) is 0 Å². The van der Waals surface area contributed by atoms with E-state index in [2.05, 4.69) is 26.1 Å². The van der Waals surface area contributed by atoms with Gasteiger partial charge in [0, 0.05) is 12.7 Å². The maximum absolute atomic E-state index is 5.95. The monoisotopic (exact) mass is 295 g/mol. The Bertz CT molecular complexity index is 410. The van der Waals surface area contributed by atoms with Crippen LogP contribution in [0.5, 0.6) is 11.5 Å². The van der Waals surface area contributed by atoms with Crippen LogP contribution in [0.4, 0.5) is 0 Å². The van der Waals surface area contributed by atoms with E-state index in [1.54, 1.807) is 14.2 Å². The first-order chi connectivity index (χ1) is 9.98. The van der Waals surface area contributed by atoms with Crippen LogP contribution in [0, 0.1) is 0 Å². The molecule has 1 unspecified atom stereocenters. The predicted octanol–water partition coefficient (Wildman–Crippen LogP) is 3.56. The molecule has 0 fully saturated rings. The number of nitrogens with one attached hydrogen (secondary N) is 1. The first-order valence-electron chi connectivity index (χ1n) is 7.58. The van der Waals surface area contributed by atoms with Crippen LogP contribution in [-0.2, 0) is 4.74 Å². The topological polar surface area (TPSA) is 39.7 Å². The van der Waals surface area contributed by atoms with Crippen LogP contribution in [0.2, 0.25) is 0 Å². The van der Waals surface area contributed by atoms with E-state index in [1.165, 1.54) is 0 Å². The highest BCUT2D eigenvalue weighted by atomic mass is 16.5. The lowest BCUT2D eigenvalue weighted by molar-refractivity contribution is -0.0392. The van der Waals surface area contributed by atoms with Crippen molar-refractivity contribution in [3.63, 3.8) is 0 Å². The fourth-order valence-corrected chi connectivity index (χ4v) is 2.51. The second kappa shape index (κ2) is 8.25. The van der Waals surface area contributed by atoms with Crippen LogP contribution in [0.25, 0.3) is 0 Å². The highest BCUT2D eigenvalue weighted by Gasteiger charge is 2.31. The van der Waals surface area contributed by atoms with Gasteiger partial charge in [-0.25, -0.2) is 0 Å². The Hall–Kier alpha value is -1.26. The van der Waals surface area contributed by atoms with E-state index >= 15 is 0 Å². The third-order valence-electron chi connectivity index (χ3n) is 3.52. The van der Waals surface area contributed by atoms with Crippen molar-refractivity contribution in [1.82, 2.24) is 5.32 Å². The standard InChI is InChI=1S/C17H29NO3/c1-7-9-18-16(17(3,4)21-8-2)13-10-14(19-5)12-15(11-13)20-6/h10-12,16,18H,7-9H2,1-6H3. The quantitative estimate of drug-likeness (QED) is 0.756. The smallest absolute Gasteiger partial charge is 0.122 e. The van der Waals surface area contributed by atoms with E-state index in [9.17, 15) is 0 Å². The van der Waals surface area contributed by atoms with Gasteiger partial charge >= 0.3 is 0 Å². The van der Waals surface area contributed by atoms with Gasteiger partial charge in [-0.3, -0.25) is 0 Å². The molecule has 1 N–H and O–H groups in total. The molecular formula is C17H29NO3. The second-order valence-corrected chi connectivity index (χ2v) is 5.57. The SMILES string of the molecule is CCCNC(c1cc(OC)cc(OC)c1)C(C)(C)OCC. The van der Waals surface area contributed by atoms with Crippen molar-refractivity contribution in [2.75, 3.05) is 27.4 Å². The van der Waals surface area contributed by atoms with E-state index in [0.29, 0.717) is 6.61 Å². The van der Waals surface area contributed by atoms with Crippen LogP contribution in [0.3, 0.4) is 0 Å². The molecule has 0 saturated heterocycles. The minimum absolute atomic E-state index is 0.0707. The molecule has 0 radical (unpaired) electrons. The van der Waals surface area contributed by atoms with Crippen molar-refractivity contribution < 1.29 is 14.2 Å². The Labute approximate surface area is 128 Å². The second-order valence-electron chi connectivity index (χ2n) is 5.57. The first kappa shape index (κ1) is 17.8. The summed E-state index contributed by atoms with van der Waals surface area (Å²) in [6, 6.07) is 6.03. The Balaban J connectivity index is 3.18. The summed E-state index contributed by atoms with van der Waals surface area (Å²) in [5, 5.41) is 3.58. The molecule has 4 heteroatoms. The van der Waals surface area contributed by atoms with Crippen LogP contribution in [0.15, 0.2) is 18.2 Å². The lowest BCUT2D eigenvalue weighted by Gasteiger charge is -2.35. The number of ether oxygens (including phenoxy) is 3. The minimum Gasteiger partial charge on any atom is -0.497 e. The number of hydrogen-bond donors (Lipinski definition) is 1. The van der Waals surface area contributed by atoms with E-state index in [1.807, 2.05) is 25.1 Å². The Morgan fingerprint density at radius 1 is 1.05 bits per heavy atom. The first-order valence-corrected chi connectivity index (χ1v) is 7.58. The minimum atomic E-state index is -0.318. The van der Waals surface area contributed by atoms with Gasteiger partial charge in [0.15, 0.2) is 0 Å². The highest BCUT2D eigenvalue weighted by molar-refractivity contribution is 5.40. The number of rotatable bonds is 9. The summed E-state index contributed by atoms with van der Waals surface area (Å²) in [6.07, 6.45) is 1.07. The summed E-state index contributed by atoms with van der Waals surface area (Å²) >= 11 is 0. The molecule has 0 amide bonds. The van der Waals surface area contributed by atoms with E-state index in [-0.39, 0.29) is 11.6 Å². The van der Waals surface area contributed by atoms with Gasteiger partial charge in [-0.05, 0) is 51.4 Å². The zero-order valence-electron chi connectivity index (χ0n) is 14.2. The van der Waals surface area contributed by atoms with Gasteiger partial charge in [0.25, 0.3) is 0 Å². The molecule has 1 aromatic carbocycles. The van der Waals surface area contributed by atoms with Gasteiger partial charge in [-0.2, -0.15) is 0 Å². The zero-order valence-corrected chi connectivity index (χ0v) is 14.2. The molecule has 0 aliphatic heterocycles. The third kappa shape index (κ3) is 4.90. The Morgan fingerprint density at radius 3 is 2.05 bits per heavy atom. The fourth-order valence-electron chi connectivity index (χ4n) is 2.51. The van der Waals surface area contributed by atoms with Gasteiger partial charge < -0.3 is 19.5 Å². The lowest BCUT2D eigenvalue weighted by atomic mass is 9.91. The molecule has 4 nitrogen and oxygen atoms in total. The number of benzene rings is 1. The summed E-state index contributed by atoms with van der Waals surface area (Å²) in [5.74, 6) is 1.58. The Kier molecular flexibility index (Phi) is 6.99. The molecular weight excluding hydrogens is 266 g/mol. The fraction of sp³-hybridized carbons (Fsp3) is 0.647. The van der Waals surface area contributed by atoms with Gasteiger partial charge in [0.05, 0.1) is 25.9 Å². The molecule has 0 aromatic heterocycles. The maximum atomic E-state index is 5.95. The summed E-state index contributed by atoms with van der Waals surface area (Å²) < 4.78 is 16.7. The van der Waals surface area contributed by atoms with Gasteiger partial charge in [0.2, 0.25) is 0 Å². The largest absolute Gasteiger partial charge is 0.497 e. The van der Waals surface area contributed by atoms with Crippen LogP contribution < -0.4 is 14.8 Å². The molecule has 0 spiro atoms. The Morgan fingerprint density at radius 2 is 1.62 bits per heavy atom. The third-order valence-corrected chi connectivity index (χ3v) is 3.52. The molecule has 0 heterocycles. The van der Waals surface area contributed by atoms with Crippen molar-refractivity contribution in [2.45, 2.75) is 45.8 Å². The van der Waals surface area contributed by atoms with Gasteiger partial charge in [0.1, 0.15) is 11.5 Å². The molecule has 1 atom stereocenters. The number of hydrogen-bond acceptors (Lipinski definition) is 4. The zero-order chi connectivity index (χ0) is 15.9.